The van der Waals surface area contributed by atoms with E-state index in [4.69, 9.17) is 5.11 Å². The van der Waals surface area contributed by atoms with Crippen molar-refractivity contribution in [2.75, 3.05) is 18.0 Å². The minimum absolute atomic E-state index is 0.0165. The Bertz CT molecular complexity index is 473. The molecule has 0 radical (unpaired) electrons. The number of piperazine rings is 1. The Hall–Kier alpha value is -1.55. The number of carbonyl (C=O) groups is 1. The molecule has 0 aromatic heterocycles. The van der Waals surface area contributed by atoms with Gasteiger partial charge in [0.25, 0.3) is 0 Å². The molecule has 1 aliphatic heterocycles. The molecule has 1 aromatic carbocycles. The third-order valence-corrected chi connectivity index (χ3v) is 3.73. The number of hydrogen-bond donors (Lipinski definition) is 2. The summed E-state index contributed by atoms with van der Waals surface area (Å²) in [5.74, 6) is -0.744. The number of anilines is 1. The first-order valence-corrected chi connectivity index (χ1v) is 6.75. The Morgan fingerprint density at radius 2 is 2.11 bits per heavy atom. The van der Waals surface area contributed by atoms with E-state index in [0.29, 0.717) is 6.04 Å². The summed E-state index contributed by atoms with van der Waals surface area (Å²) in [5.41, 5.74) is 3.75. The Kier molecular flexibility index (Phi) is 4.10. The highest BCUT2D eigenvalue weighted by Crippen LogP contribution is 2.21. The molecule has 0 amide bonds. The second-order valence-corrected chi connectivity index (χ2v) is 5.54. The number of carboxylic acid groups (broad SMARTS) is 1. The molecule has 1 aromatic rings. The lowest BCUT2D eigenvalue weighted by molar-refractivity contribution is -0.137. The lowest BCUT2D eigenvalue weighted by Gasteiger charge is -2.38. The summed E-state index contributed by atoms with van der Waals surface area (Å²) in [6, 6.07) is 6.76. The van der Waals surface area contributed by atoms with Gasteiger partial charge in [-0.1, -0.05) is 6.07 Å². The van der Waals surface area contributed by atoms with E-state index in [1.54, 1.807) is 0 Å². The molecule has 19 heavy (non-hydrogen) atoms. The van der Waals surface area contributed by atoms with E-state index in [1.165, 1.54) is 16.8 Å². The molecule has 0 spiro atoms. The van der Waals surface area contributed by atoms with Crippen LogP contribution in [0.25, 0.3) is 0 Å². The van der Waals surface area contributed by atoms with Crippen molar-refractivity contribution in [1.82, 2.24) is 5.32 Å². The van der Waals surface area contributed by atoms with Crippen molar-refractivity contribution < 1.29 is 9.90 Å². The number of rotatable bonds is 3. The van der Waals surface area contributed by atoms with Crippen LogP contribution < -0.4 is 10.2 Å². The van der Waals surface area contributed by atoms with E-state index in [9.17, 15) is 4.79 Å². The third-order valence-electron chi connectivity index (χ3n) is 3.73. The SMILES string of the molecule is Cc1ccc(N2CC(C)NC(CC(=O)O)C2)cc1C. The van der Waals surface area contributed by atoms with Crippen molar-refractivity contribution >= 4 is 11.7 Å². The van der Waals surface area contributed by atoms with Crippen LogP contribution in [0.5, 0.6) is 0 Å². The number of benzene rings is 1. The zero-order valence-electron chi connectivity index (χ0n) is 11.8. The molecule has 2 atom stereocenters. The summed E-state index contributed by atoms with van der Waals surface area (Å²) >= 11 is 0. The molecule has 0 bridgehead atoms. The normalized spacial score (nSPS) is 23.4. The first-order valence-electron chi connectivity index (χ1n) is 6.75. The van der Waals surface area contributed by atoms with Crippen molar-refractivity contribution in [2.45, 2.75) is 39.3 Å². The van der Waals surface area contributed by atoms with Crippen LogP contribution in [0.4, 0.5) is 5.69 Å². The standard InChI is InChI=1S/C15H22N2O2/c1-10-4-5-14(6-11(10)2)17-8-12(3)16-13(9-17)7-15(18)19/h4-6,12-13,16H,7-9H2,1-3H3,(H,18,19). The smallest absolute Gasteiger partial charge is 0.304 e. The number of aryl methyl sites for hydroxylation is 2. The fourth-order valence-electron chi connectivity index (χ4n) is 2.65. The Morgan fingerprint density at radius 1 is 1.37 bits per heavy atom. The van der Waals surface area contributed by atoms with Gasteiger partial charge in [-0.2, -0.15) is 0 Å². The van der Waals surface area contributed by atoms with Gasteiger partial charge in [0.2, 0.25) is 0 Å². The predicted molar refractivity (Wildman–Crippen MR) is 76.8 cm³/mol. The largest absolute Gasteiger partial charge is 0.481 e. The molecule has 2 rings (SSSR count). The fraction of sp³-hybridized carbons (Fsp3) is 0.533. The molecule has 0 aliphatic carbocycles. The summed E-state index contributed by atoms with van der Waals surface area (Å²) in [4.78, 5) is 13.1. The maximum atomic E-state index is 10.9. The van der Waals surface area contributed by atoms with Gasteiger partial charge in [-0.3, -0.25) is 4.79 Å². The molecule has 104 valence electrons. The predicted octanol–water partition coefficient (Wildman–Crippen LogP) is 1.94. The molecule has 1 fully saturated rings. The molecule has 0 saturated carbocycles. The van der Waals surface area contributed by atoms with Crippen molar-refractivity contribution in [1.29, 1.82) is 0 Å². The molecular weight excluding hydrogens is 240 g/mol. The van der Waals surface area contributed by atoms with Crippen molar-refractivity contribution in [3.05, 3.63) is 29.3 Å². The quantitative estimate of drug-likeness (QED) is 0.874. The van der Waals surface area contributed by atoms with Gasteiger partial charge >= 0.3 is 5.97 Å². The highest BCUT2D eigenvalue weighted by molar-refractivity contribution is 5.67. The van der Waals surface area contributed by atoms with Gasteiger partial charge in [0, 0.05) is 30.9 Å². The van der Waals surface area contributed by atoms with E-state index in [2.05, 4.69) is 49.2 Å². The number of carboxylic acids is 1. The van der Waals surface area contributed by atoms with Gasteiger partial charge in [-0.05, 0) is 44.0 Å². The summed E-state index contributed by atoms with van der Waals surface area (Å²) in [7, 11) is 0. The van der Waals surface area contributed by atoms with E-state index in [0.717, 1.165) is 13.1 Å². The molecule has 1 heterocycles. The highest BCUT2D eigenvalue weighted by Gasteiger charge is 2.25. The molecular formula is C15H22N2O2. The van der Waals surface area contributed by atoms with E-state index < -0.39 is 5.97 Å². The van der Waals surface area contributed by atoms with Gasteiger partial charge in [-0.25, -0.2) is 0 Å². The van der Waals surface area contributed by atoms with E-state index in [1.807, 2.05) is 0 Å². The topological polar surface area (TPSA) is 52.6 Å². The Morgan fingerprint density at radius 3 is 2.74 bits per heavy atom. The summed E-state index contributed by atoms with van der Waals surface area (Å²) in [6.07, 6.45) is 0.172. The zero-order valence-corrected chi connectivity index (χ0v) is 11.8. The molecule has 2 unspecified atom stereocenters. The van der Waals surface area contributed by atoms with Crippen LogP contribution in [0, 0.1) is 13.8 Å². The average molecular weight is 262 g/mol. The summed E-state index contributed by atoms with van der Waals surface area (Å²) in [5, 5.41) is 12.3. The number of nitrogens with zero attached hydrogens (tertiary/aromatic N) is 1. The third kappa shape index (κ3) is 3.47. The number of nitrogens with one attached hydrogen (secondary N) is 1. The second-order valence-electron chi connectivity index (χ2n) is 5.54. The maximum absolute atomic E-state index is 10.9. The minimum atomic E-state index is -0.744. The minimum Gasteiger partial charge on any atom is -0.481 e. The van der Waals surface area contributed by atoms with Crippen LogP contribution >= 0.6 is 0 Å². The van der Waals surface area contributed by atoms with Crippen LogP contribution in [0.3, 0.4) is 0 Å². The summed E-state index contributed by atoms with van der Waals surface area (Å²) < 4.78 is 0. The monoisotopic (exact) mass is 262 g/mol. The molecule has 2 N–H and O–H groups in total. The second kappa shape index (κ2) is 5.61. The molecule has 4 heteroatoms. The zero-order chi connectivity index (χ0) is 14.0. The van der Waals surface area contributed by atoms with E-state index >= 15 is 0 Å². The van der Waals surface area contributed by atoms with E-state index in [-0.39, 0.29) is 12.5 Å². The Balaban J connectivity index is 2.14. The van der Waals surface area contributed by atoms with Crippen LogP contribution in [-0.2, 0) is 4.79 Å². The summed E-state index contributed by atoms with van der Waals surface area (Å²) in [6.45, 7) is 7.98. The average Bonchev–Trinajstić information content (AvgIpc) is 2.31. The lowest BCUT2D eigenvalue weighted by Crippen LogP contribution is -2.56. The fourth-order valence-corrected chi connectivity index (χ4v) is 2.65. The molecule has 4 nitrogen and oxygen atoms in total. The maximum Gasteiger partial charge on any atom is 0.304 e. The number of hydrogen-bond acceptors (Lipinski definition) is 3. The van der Waals surface area contributed by atoms with Crippen molar-refractivity contribution in [3.8, 4) is 0 Å². The molecule has 1 aliphatic rings. The van der Waals surface area contributed by atoms with Crippen LogP contribution in [0.15, 0.2) is 18.2 Å². The first kappa shape index (κ1) is 13.9. The van der Waals surface area contributed by atoms with Gasteiger partial charge in [0.05, 0.1) is 6.42 Å². The lowest BCUT2D eigenvalue weighted by atomic mass is 10.0. The van der Waals surface area contributed by atoms with Crippen LogP contribution in [-0.4, -0.2) is 36.2 Å². The van der Waals surface area contributed by atoms with Crippen LogP contribution in [0.1, 0.15) is 24.5 Å². The van der Waals surface area contributed by atoms with Gasteiger partial charge in [0.15, 0.2) is 0 Å². The van der Waals surface area contributed by atoms with Gasteiger partial charge < -0.3 is 15.3 Å². The van der Waals surface area contributed by atoms with Gasteiger partial charge in [0.1, 0.15) is 0 Å². The van der Waals surface area contributed by atoms with Crippen LogP contribution in [0.2, 0.25) is 0 Å². The van der Waals surface area contributed by atoms with Gasteiger partial charge in [-0.15, -0.1) is 0 Å². The van der Waals surface area contributed by atoms with Crippen molar-refractivity contribution in [2.24, 2.45) is 0 Å². The Labute approximate surface area is 114 Å². The molecule has 1 saturated heterocycles. The first-order chi connectivity index (χ1) is 8.95. The number of aliphatic carboxylic acids is 1. The highest BCUT2D eigenvalue weighted by atomic mass is 16.4. The van der Waals surface area contributed by atoms with Crippen molar-refractivity contribution in [3.63, 3.8) is 0 Å².